The van der Waals surface area contributed by atoms with Crippen LogP contribution in [0, 0.1) is 5.41 Å². The van der Waals surface area contributed by atoms with E-state index in [1.54, 1.807) is 6.08 Å². The van der Waals surface area contributed by atoms with Gasteiger partial charge in [0.05, 0.1) is 16.7 Å². The second-order valence-corrected chi connectivity index (χ2v) is 13.7. The number of hydrogen-bond acceptors (Lipinski definition) is 3. The summed E-state index contributed by atoms with van der Waals surface area (Å²) in [6.45, 7) is 2.18. The summed E-state index contributed by atoms with van der Waals surface area (Å²) in [6.07, 6.45) is 9.16. The summed E-state index contributed by atoms with van der Waals surface area (Å²) in [5.74, 6) is 0. The lowest BCUT2D eigenvalue weighted by atomic mass is 9.99. The number of nitrogens with zero attached hydrogens (tertiary/aromatic N) is 1. The van der Waals surface area contributed by atoms with Crippen LogP contribution in [-0.4, -0.2) is 10.3 Å². The molecule has 0 aliphatic rings. The minimum Gasteiger partial charge on any atom is -0.398 e. The third kappa shape index (κ3) is 7.66. The molecule has 7 aromatic carbocycles. The van der Waals surface area contributed by atoms with Gasteiger partial charge in [-0.15, -0.1) is 0 Å². The van der Waals surface area contributed by atoms with Gasteiger partial charge < -0.3 is 21.0 Å². The van der Waals surface area contributed by atoms with Gasteiger partial charge in [0.1, 0.15) is 0 Å². The molecule has 0 spiro atoms. The standard InChI is InChI=1S/C51H42N4/c1-36(16-8-9-19-38-20-10-12-28-49(38)54-43-24-6-3-7-25-43)39-30-31-51-46(34-39)45-27-11-13-29-50(45)55(51)44-26-15-22-41(33-44)40-21-14-23-42(32-40)48(53)35-47(52)37-17-4-2-5-18-37/h2-18,20-35,53-54H,19,52H2,1H3/b9-8-,36-16+,47-35-,53-48?. The molecule has 0 unspecified atom stereocenters. The number of para-hydroxylation sites is 3. The van der Waals surface area contributed by atoms with Gasteiger partial charge in [-0.25, -0.2) is 0 Å². The van der Waals surface area contributed by atoms with Crippen molar-refractivity contribution >= 4 is 50.2 Å². The fraction of sp³-hybridized carbons (Fsp3) is 0.0392. The lowest BCUT2D eigenvalue weighted by Crippen LogP contribution is -2.02. The highest BCUT2D eigenvalue weighted by atomic mass is 15.0. The molecule has 0 radical (unpaired) electrons. The summed E-state index contributed by atoms with van der Waals surface area (Å²) in [6, 6.07) is 60.8. The minimum atomic E-state index is 0.374. The van der Waals surface area contributed by atoms with E-state index >= 15 is 0 Å². The highest BCUT2D eigenvalue weighted by molar-refractivity contribution is 6.11. The Bertz CT molecular complexity index is 2730. The fourth-order valence-corrected chi connectivity index (χ4v) is 7.14. The van der Waals surface area contributed by atoms with Crippen molar-refractivity contribution in [2.24, 2.45) is 5.73 Å². The highest BCUT2D eigenvalue weighted by Gasteiger charge is 2.14. The van der Waals surface area contributed by atoms with E-state index in [0.717, 1.165) is 56.8 Å². The van der Waals surface area contributed by atoms with Gasteiger partial charge in [0.25, 0.3) is 0 Å². The molecular weight excluding hydrogens is 669 g/mol. The van der Waals surface area contributed by atoms with Gasteiger partial charge in [0.15, 0.2) is 0 Å². The number of nitrogens with one attached hydrogen (secondary N) is 2. The first-order valence-corrected chi connectivity index (χ1v) is 18.6. The minimum absolute atomic E-state index is 0.374. The number of nitrogens with two attached hydrogens (primary N) is 1. The summed E-state index contributed by atoms with van der Waals surface area (Å²) < 4.78 is 2.35. The van der Waals surface area contributed by atoms with Crippen LogP contribution < -0.4 is 11.1 Å². The average Bonchev–Trinajstić information content (AvgIpc) is 3.57. The number of benzene rings is 7. The molecule has 1 heterocycles. The van der Waals surface area contributed by atoms with Crippen molar-refractivity contribution in [2.75, 3.05) is 5.32 Å². The molecule has 0 aliphatic heterocycles. The van der Waals surface area contributed by atoms with Crippen molar-refractivity contribution in [2.45, 2.75) is 13.3 Å². The van der Waals surface area contributed by atoms with Crippen molar-refractivity contribution in [3.05, 3.63) is 222 Å². The van der Waals surface area contributed by atoms with Gasteiger partial charge in [0, 0.05) is 39.1 Å². The maximum Gasteiger partial charge on any atom is 0.0633 e. The molecular formula is C51H42N4. The van der Waals surface area contributed by atoms with Crippen LogP contribution in [-0.2, 0) is 6.42 Å². The number of aromatic nitrogens is 1. The van der Waals surface area contributed by atoms with Crippen LogP contribution in [0.2, 0.25) is 0 Å². The van der Waals surface area contributed by atoms with Crippen molar-refractivity contribution in [3.63, 3.8) is 0 Å². The summed E-state index contributed by atoms with van der Waals surface area (Å²) in [7, 11) is 0. The Labute approximate surface area is 322 Å². The maximum atomic E-state index is 8.81. The molecule has 4 N–H and O–H groups in total. The first-order chi connectivity index (χ1) is 27.0. The topological polar surface area (TPSA) is 66.8 Å². The normalized spacial score (nSPS) is 12.1. The predicted octanol–water partition coefficient (Wildman–Crippen LogP) is 12.8. The molecule has 0 saturated carbocycles. The maximum absolute atomic E-state index is 8.81. The molecule has 1 aromatic heterocycles. The molecule has 4 heteroatoms. The van der Waals surface area contributed by atoms with Crippen LogP contribution >= 0.6 is 0 Å². The Morgan fingerprint density at radius 3 is 2.13 bits per heavy atom. The second-order valence-electron chi connectivity index (χ2n) is 13.7. The number of allylic oxidation sites excluding steroid dienone is 5. The van der Waals surface area contributed by atoms with E-state index in [4.69, 9.17) is 11.1 Å². The lowest BCUT2D eigenvalue weighted by molar-refractivity contribution is 1.18. The zero-order valence-electron chi connectivity index (χ0n) is 30.8. The third-order valence-corrected chi connectivity index (χ3v) is 10.0. The number of hydrogen-bond donors (Lipinski definition) is 3. The van der Waals surface area contributed by atoms with Crippen LogP contribution in [0.4, 0.5) is 11.4 Å². The number of anilines is 2. The lowest BCUT2D eigenvalue weighted by Gasteiger charge is -2.11. The van der Waals surface area contributed by atoms with E-state index in [1.165, 1.54) is 27.5 Å². The van der Waals surface area contributed by atoms with Crippen LogP contribution in [0.1, 0.15) is 29.2 Å². The molecule has 4 nitrogen and oxygen atoms in total. The first-order valence-electron chi connectivity index (χ1n) is 18.6. The zero-order chi connectivity index (χ0) is 37.6. The van der Waals surface area contributed by atoms with E-state index < -0.39 is 0 Å². The molecule has 0 amide bonds. The van der Waals surface area contributed by atoms with Crippen LogP contribution in [0.3, 0.4) is 0 Å². The highest BCUT2D eigenvalue weighted by Crippen LogP contribution is 2.35. The molecule has 0 aliphatic carbocycles. The van der Waals surface area contributed by atoms with Gasteiger partial charge in [-0.1, -0.05) is 140 Å². The van der Waals surface area contributed by atoms with E-state index in [-0.39, 0.29) is 0 Å². The zero-order valence-corrected chi connectivity index (χ0v) is 30.8. The van der Waals surface area contributed by atoms with E-state index in [1.807, 2.05) is 60.7 Å². The van der Waals surface area contributed by atoms with Gasteiger partial charge in [-0.05, 0) is 107 Å². The molecule has 0 bridgehead atoms. The quantitative estimate of drug-likeness (QED) is 0.0924. The Kier molecular flexibility index (Phi) is 10.0. The summed E-state index contributed by atoms with van der Waals surface area (Å²) in [5, 5.41) is 14.8. The Hall–Kier alpha value is -7.17. The fourth-order valence-electron chi connectivity index (χ4n) is 7.14. The Balaban J connectivity index is 1.06. The van der Waals surface area contributed by atoms with Crippen molar-refractivity contribution < 1.29 is 0 Å². The number of rotatable bonds is 11. The average molecular weight is 711 g/mol. The van der Waals surface area contributed by atoms with Crippen molar-refractivity contribution in [1.82, 2.24) is 4.57 Å². The summed E-state index contributed by atoms with van der Waals surface area (Å²) in [4.78, 5) is 0. The molecule has 8 rings (SSSR count). The molecule has 0 fully saturated rings. The Morgan fingerprint density at radius 1 is 0.618 bits per heavy atom. The van der Waals surface area contributed by atoms with Crippen molar-refractivity contribution in [3.8, 4) is 16.8 Å². The molecule has 0 atom stereocenters. The smallest absolute Gasteiger partial charge is 0.0633 e. The van der Waals surface area contributed by atoms with Crippen molar-refractivity contribution in [1.29, 1.82) is 5.41 Å². The van der Waals surface area contributed by atoms with E-state index in [9.17, 15) is 0 Å². The SMILES string of the molecule is C/C(=C\C=C/Cc1ccccc1Nc1ccccc1)c1ccc2c(c1)c1ccccc1n2-c1cccc(-c2cccc(C(=N)/C=C(\N)c3ccccc3)c2)c1. The third-order valence-electron chi connectivity index (χ3n) is 10.0. The van der Waals surface area contributed by atoms with Crippen LogP contribution in [0.15, 0.2) is 200 Å². The Morgan fingerprint density at radius 2 is 1.29 bits per heavy atom. The number of fused-ring (bicyclic) bond motifs is 3. The summed E-state index contributed by atoms with van der Waals surface area (Å²) >= 11 is 0. The van der Waals surface area contributed by atoms with Gasteiger partial charge in [0.2, 0.25) is 0 Å². The predicted molar refractivity (Wildman–Crippen MR) is 234 cm³/mol. The van der Waals surface area contributed by atoms with E-state index in [2.05, 4.69) is 150 Å². The molecule has 266 valence electrons. The molecule has 55 heavy (non-hydrogen) atoms. The van der Waals surface area contributed by atoms with Crippen LogP contribution in [0.5, 0.6) is 0 Å². The van der Waals surface area contributed by atoms with Crippen LogP contribution in [0.25, 0.3) is 49.9 Å². The monoisotopic (exact) mass is 710 g/mol. The molecule has 8 aromatic rings. The van der Waals surface area contributed by atoms with Gasteiger partial charge in [-0.2, -0.15) is 0 Å². The van der Waals surface area contributed by atoms with Gasteiger partial charge in [-0.3, -0.25) is 0 Å². The summed E-state index contributed by atoms with van der Waals surface area (Å²) in [5.41, 5.74) is 20.4. The second kappa shape index (κ2) is 15.8. The van der Waals surface area contributed by atoms with Gasteiger partial charge >= 0.3 is 0 Å². The first kappa shape index (κ1) is 34.9. The molecule has 0 saturated heterocycles. The largest absolute Gasteiger partial charge is 0.398 e. The van der Waals surface area contributed by atoms with E-state index in [0.29, 0.717) is 11.4 Å².